The molecule has 0 radical (unpaired) electrons. The summed E-state index contributed by atoms with van der Waals surface area (Å²) in [7, 11) is 0. The minimum Gasteiger partial charge on any atom is -0.300 e. The molecule has 7 heteroatoms. The molecule has 0 aromatic rings. The largest absolute Gasteiger partial charge is 0.456 e. The Bertz CT molecular complexity index is 160. The number of nitrogens with one attached hydrogen (secondary N) is 1. The van der Waals surface area contributed by atoms with Crippen LogP contribution in [0.5, 0.6) is 0 Å². The van der Waals surface area contributed by atoms with Crippen molar-refractivity contribution in [2.24, 2.45) is 0 Å². The maximum atomic E-state index is 11.7. The van der Waals surface area contributed by atoms with Crippen molar-refractivity contribution in [3.8, 4) is 0 Å². The van der Waals surface area contributed by atoms with Crippen molar-refractivity contribution in [2.45, 2.75) is 5.51 Å². The topological polar surface area (TPSA) is 15.3 Å². The second kappa shape index (κ2) is 6.09. The molecule has 0 aromatic carbocycles. The van der Waals surface area contributed by atoms with E-state index in [9.17, 15) is 13.2 Å². The highest BCUT2D eigenvalue weighted by molar-refractivity contribution is 7.99. The van der Waals surface area contributed by atoms with Crippen molar-refractivity contribution >= 4 is 23.7 Å². The first-order chi connectivity index (χ1) is 6.58. The molecule has 0 saturated carbocycles. The molecule has 0 atom stereocenters. The quantitative estimate of drug-likeness (QED) is 0.600. The van der Waals surface area contributed by atoms with Crippen LogP contribution >= 0.6 is 23.7 Å². The Labute approximate surface area is 90.1 Å². The molecule has 0 aliphatic carbocycles. The fraction of sp³-hybridized carbons (Fsp3) is 1.00. The highest BCUT2D eigenvalue weighted by Gasteiger charge is 2.28. The lowest BCUT2D eigenvalue weighted by molar-refractivity contribution is -0.0336. The standard InChI is InChI=1S/C7H13F3N2S2/c8-7(9,10)14-11-1-2-12-3-5-13-6-4-12/h11H,1-6H2. The number of nitrogens with zero attached hydrogens (tertiary/aromatic N) is 1. The van der Waals surface area contributed by atoms with Gasteiger partial charge in [0, 0.05) is 49.6 Å². The highest BCUT2D eigenvalue weighted by Crippen LogP contribution is 2.26. The van der Waals surface area contributed by atoms with Gasteiger partial charge in [-0.3, -0.25) is 4.72 Å². The lowest BCUT2D eigenvalue weighted by Crippen LogP contribution is -2.37. The third-order valence-electron chi connectivity index (χ3n) is 1.82. The van der Waals surface area contributed by atoms with E-state index < -0.39 is 5.51 Å². The first kappa shape index (κ1) is 12.5. The number of halogens is 3. The molecule has 1 heterocycles. The van der Waals surface area contributed by atoms with Crippen molar-refractivity contribution in [3.05, 3.63) is 0 Å². The molecule has 1 rings (SSSR count). The van der Waals surface area contributed by atoms with Crippen molar-refractivity contribution in [1.82, 2.24) is 9.62 Å². The van der Waals surface area contributed by atoms with Crippen LogP contribution in [0.3, 0.4) is 0 Å². The van der Waals surface area contributed by atoms with E-state index in [0.717, 1.165) is 24.6 Å². The van der Waals surface area contributed by atoms with Gasteiger partial charge in [-0.05, 0) is 0 Å². The van der Waals surface area contributed by atoms with Crippen LogP contribution in [0.2, 0.25) is 0 Å². The third kappa shape index (κ3) is 6.00. The van der Waals surface area contributed by atoms with Gasteiger partial charge in [-0.15, -0.1) is 0 Å². The summed E-state index contributed by atoms with van der Waals surface area (Å²) in [6, 6.07) is 0. The smallest absolute Gasteiger partial charge is 0.300 e. The zero-order valence-electron chi connectivity index (χ0n) is 7.64. The number of hydrogen-bond acceptors (Lipinski definition) is 4. The van der Waals surface area contributed by atoms with Gasteiger partial charge in [0.05, 0.1) is 0 Å². The summed E-state index contributed by atoms with van der Waals surface area (Å²) >= 11 is 1.74. The van der Waals surface area contributed by atoms with Gasteiger partial charge in [0.1, 0.15) is 0 Å². The number of thioether (sulfide) groups is 1. The molecule has 1 N–H and O–H groups in total. The van der Waals surface area contributed by atoms with E-state index in [1.54, 1.807) is 0 Å². The Morgan fingerprint density at radius 1 is 1.29 bits per heavy atom. The molecule has 0 spiro atoms. The van der Waals surface area contributed by atoms with E-state index in [2.05, 4.69) is 9.62 Å². The van der Waals surface area contributed by atoms with Gasteiger partial charge in [-0.2, -0.15) is 24.9 Å². The van der Waals surface area contributed by atoms with Crippen LogP contribution < -0.4 is 4.72 Å². The molecule has 1 aliphatic rings. The van der Waals surface area contributed by atoms with Crippen LogP contribution in [0.25, 0.3) is 0 Å². The van der Waals surface area contributed by atoms with Crippen molar-refractivity contribution in [3.63, 3.8) is 0 Å². The molecular weight excluding hydrogens is 233 g/mol. The molecule has 1 saturated heterocycles. The van der Waals surface area contributed by atoms with Gasteiger partial charge in [-0.1, -0.05) is 0 Å². The summed E-state index contributed by atoms with van der Waals surface area (Å²) in [4.78, 5) is 2.18. The lowest BCUT2D eigenvalue weighted by atomic mass is 10.5. The number of rotatable bonds is 4. The van der Waals surface area contributed by atoms with E-state index in [1.165, 1.54) is 0 Å². The Morgan fingerprint density at radius 3 is 2.50 bits per heavy atom. The lowest BCUT2D eigenvalue weighted by Gasteiger charge is -2.25. The molecule has 0 unspecified atom stereocenters. The summed E-state index contributed by atoms with van der Waals surface area (Å²) in [5.41, 5.74) is -4.17. The van der Waals surface area contributed by atoms with E-state index in [1.807, 2.05) is 11.8 Å². The second-order valence-corrected chi connectivity index (χ2v) is 5.08. The molecule has 0 bridgehead atoms. The van der Waals surface area contributed by atoms with E-state index >= 15 is 0 Å². The average molecular weight is 246 g/mol. The van der Waals surface area contributed by atoms with Crippen LogP contribution in [0.4, 0.5) is 13.2 Å². The Balaban J connectivity index is 1.97. The molecule has 2 nitrogen and oxygen atoms in total. The molecular formula is C7H13F3N2S2. The van der Waals surface area contributed by atoms with Crippen molar-refractivity contribution < 1.29 is 13.2 Å². The maximum absolute atomic E-state index is 11.7. The highest BCUT2D eigenvalue weighted by atomic mass is 32.2. The zero-order valence-corrected chi connectivity index (χ0v) is 9.27. The van der Waals surface area contributed by atoms with Gasteiger partial charge in [0.25, 0.3) is 0 Å². The summed E-state index contributed by atoms with van der Waals surface area (Å²) in [5, 5.41) is 0. The fourth-order valence-electron chi connectivity index (χ4n) is 1.16. The van der Waals surface area contributed by atoms with Crippen LogP contribution in [-0.2, 0) is 0 Å². The summed E-state index contributed by atoms with van der Waals surface area (Å²) < 4.78 is 37.4. The monoisotopic (exact) mass is 246 g/mol. The number of hydrogen-bond donors (Lipinski definition) is 1. The Morgan fingerprint density at radius 2 is 1.93 bits per heavy atom. The average Bonchev–Trinajstić information content (AvgIpc) is 2.13. The number of alkyl halides is 3. The van der Waals surface area contributed by atoms with Gasteiger partial charge < -0.3 is 4.90 Å². The van der Waals surface area contributed by atoms with Crippen LogP contribution in [-0.4, -0.2) is 48.1 Å². The SMILES string of the molecule is FC(F)(F)SNCCN1CCSCC1. The predicted molar refractivity (Wildman–Crippen MR) is 55.4 cm³/mol. The molecule has 1 aliphatic heterocycles. The second-order valence-electron chi connectivity index (χ2n) is 2.90. The van der Waals surface area contributed by atoms with Gasteiger partial charge in [0.2, 0.25) is 0 Å². The van der Waals surface area contributed by atoms with Gasteiger partial charge in [-0.25, -0.2) is 0 Å². The third-order valence-corrected chi connectivity index (χ3v) is 3.34. The Hall–Kier alpha value is 0.410. The molecule has 1 fully saturated rings. The summed E-state index contributed by atoms with van der Waals surface area (Å²) in [6.45, 7) is 3.06. The van der Waals surface area contributed by atoms with Crippen LogP contribution in [0, 0.1) is 0 Å². The van der Waals surface area contributed by atoms with Crippen molar-refractivity contribution in [1.29, 1.82) is 0 Å². The van der Waals surface area contributed by atoms with E-state index in [-0.39, 0.29) is 11.9 Å². The minimum absolute atomic E-state index is 0.160. The minimum atomic E-state index is -4.17. The summed E-state index contributed by atoms with van der Waals surface area (Å²) in [6.07, 6.45) is 0. The zero-order chi connectivity index (χ0) is 10.4. The van der Waals surface area contributed by atoms with Gasteiger partial charge in [0.15, 0.2) is 0 Å². The molecule has 0 amide bonds. The van der Waals surface area contributed by atoms with E-state index in [4.69, 9.17) is 0 Å². The van der Waals surface area contributed by atoms with Crippen LogP contribution in [0.15, 0.2) is 0 Å². The Kier molecular flexibility index (Phi) is 5.43. The fourth-order valence-corrected chi connectivity index (χ4v) is 2.50. The first-order valence-corrected chi connectivity index (χ1v) is 6.33. The molecule has 0 aromatic heterocycles. The van der Waals surface area contributed by atoms with E-state index in [0.29, 0.717) is 13.1 Å². The molecule has 14 heavy (non-hydrogen) atoms. The molecule has 84 valence electrons. The maximum Gasteiger partial charge on any atom is 0.456 e. The first-order valence-electron chi connectivity index (χ1n) is 4.35. The van der Waals surface area contributed by atoms with Crippen LogP contribution in [0.1, 0.15) is 0 Å². The normalized spacial score (nSPS) is 19.9. The van der Waals surface area contributed by atoms with Gasteiger partial charge >= 0.3 is 5.51 Å². The predicted octanol–water partition coefficient (Wildman–Crippen LogP) is 1.79. The van der Waals surface area contributed by atoms with Crippen molar-refractivity contribution in [2.75, 3.05) is 37.7 Å². The summed E-state index contributed by atoms with van der Waals surface area (Å²) in [5.74, 6) is 2.18.